The van der Waals surface area contributed by atoms with E-state index in [1.165, 1.54) is 19.3 Å². The molecule has 0 aliphatic carbocycles. The molecule has 0 saturated carbocycles. The Kier molecular flexibility index (Phi) is 16.1. The Balaban J connectivity index is 2.75. The van der Waals surface area contributed by atoms with Crippen molar-refractivity contribution in [2.75, 3.05) is 7.11 Å². The fourth-order valence-corrected chi connectivity index (χ4v) is 5.43. The first-order valence-corrected chi connectivity index (χ1v) is 18.6. The van der Waals surface area contributed by atoms with Gasteiger partial charge in [-0.15, -0.1) is 0 Å². The van der Waals surface area contributed by atoms with Crippen molar-refractivity contribution in [3.8, 4) is 11.8 Å². The van der Waals surface area contributed by atoms with Crippen LogP contribution in [0.25, 0.3) is 0 Å². The first-order valence-electron chi connectivity index (χ1n) is 15.3. The minimum atomic E-state index is -2.00. The third-order valence-electron chi connectivity index (χ3n) is 7.77. The number of rotatable bonds is 13. The van der Waals surface area contributed by atoms with E-state index in [1.807, 2.05) is 52.8 Å². The third-order valence-corrected chi connectivity index (χ3v) is 12.5. The molecule has 0 spiro atoms. The Labute approximate surface area is 276 Å². The van der Waals surface area contributed by atoms with Crippen LogP contribution in [0, 0.1) is 23.2 Å². The number of carbonyl (C=O) groups is 3. The first kappa shape index (κ1) is 40.0. The second-order valence-electron chi connectivity index (χ2n) is 13.8. The molecule has 45 heavy (non-hydrogen) atoms. The van der Waals surface area contributed by atoms with Gasteiger partial charge in [0, 0.05) is 23.4 Å². The summed E-state index contributed by atoms with van der Waals surface area (Å²) in [5.41, 5.74) is -0.537. The fourth-order valence-electron chi connectivity index (χ4n) is 3.97. The van der Waals surface area contributed by atoms with Crippen LogP contribution < -0.4 is 10.6 Å². The van der Waals surface area contributed by atoms with Crippen molar-refractivity contribution >= 4 is 37.7 Å². The number of cyclic esters (lactones) is 1. The molecule has 0 radical (unpaired) electrons. The highest BCUT2D eigenvalue weighted by Gasteiger charge is 2.39. The van der Waals surface area contributed by atoms with Crippen LogP contribution in [0.3, 0.4) is 0 Å². The predicted molar refractivity (Wildman–Crippen MR) is 184 cm³/mol. The van der Waals surface area contributed by atoms with Crippen LogP contribution >= 0.6 is 11.6 Å². The molecule has 8 nitrogen and oxygen atoms in total. The van der Waals surface area contributed by atoms with Crippen molar-refractivity contribution in [2.24, 2.45) is 11.3 Å². The normalized spacial score (nSPS) is 18.6. The number of halogens is 1. The number of esters is 1. The van der Waals surface area contributed by atoms with Crippen LogP contribution in [0.15, 0.2) is 59.5 Å². The summed E-state index contributed by atoms with van der Waals surface area (Å²) in [5.74, 6) is 4.57. The lowest BCUT2D eigenvalue weighted by atomic mass is 9.86. The van der Waals surface area contributed by atoms with Gasteiger partial charge in [0.1, 0.15) is 12.1 Å². The molecule has 1 rings (SSSR count). The second kappa shape index (κ2) is 18.2. The summed E-state index contributed by atoms with van der Waals surface area (Å²) >= 11 is 6.08. The van der Waals surface area contributed by atoms with Gasteiger partial charge in [0.25, 0.3) is 0 Å². The number of nitrogens with one attached hydrogen (secondary N) is 2. The lowest BCUT2D eigenvalue weighted by Gasteiger charge is -2.39. The van der Waals surface area contributed by atoms with E-state index in [1.54, 1.807) is 18.4 Å². The molecule has 250 valence electrons. The van der Waals surface area contributed by atoms with Gasteiger partial charge < -0.3 is 24.5 Å². The van der Waals surface area contributed by atoms with Crippen molar-refractivity contribution in [1.82, 2.24) is 10.6 Å². The van der Waals surface area contributed by atoms with Gasteiger partial charge in [-0.1, -0.05) is 90.1 Å². The number of ether oxygens (including phenoxy) is 2. The van der Waals surface area contributed by atoms with E-state index in [2.05, 4.69) is 56.3 Å². The van der Waals surface area contributed by atoms with Crippen LogP contribution in [0.2, 0.25) is 18.1 Å². The van der Waals surface area contributed by atoms with Gasteiger partial charge in [-0.2, -0.15) is 0 Å². The fraction of sp³-hybridized carbons (Fsp3) is 0.571. The number of methoxy groups -OCH3 is 1. The standard InChI is InChI=1S/C35H53ClN2O6Si/c1-25(28-22-23-29(42-9)33(41)43-28)17-14-12-13-15-19-30(39)38-31(34(3,4)5)32(40)37-24-16-18-27(21-20-26(2)36)44-45(10,11)35(6,7)8/h14-17,19-20,23-25,27-28,31H,18,21-22H2,1-11H3,(H,37,40)(H,38,39)/b17-14-,19-15+,24-16-,26-20+/t25-,27+,28-,31+/m0/s1. The van der Waals surface area contributed by atoms with Crippen LogP contribution in [0.5, 0.6) is 0 Å². The zero-order valence-electron chi connectivity index (χ0n) is 28.9. The average Bonchev–Trinajstić information content (AvgIpc) is 2.92. The van der Waals surface area contributed by atoms with Crippen LogP contribution in [0.4, 0.5) is 0 Å². The third kappa shape index (κ3) is 14.7. The first-order chi connectivity index (χ1) is 20.8. The highest BCUT2D eigenvalue weighted by Crippen LogP contribution is 2.38. The highest BCUT2D eigenvalue weighted by atomic mass is 35.5. The summed E-state index contributed by atoms with van der Waals surface area (Å²) in [6.45, 7) is 20.5. The molecule has 10 heteroatoms. The maximum Gasteiger partial charge on any atom is 0.373 e. The summed E-state index contributed by atoms with van der Waals surface area (Å²) in [6, 6.07) is -0.778. The van der Waals surface area contributed by atoms with Gasteiger partial charge in [-0.3, -0.25) is 9.59 Å². The average molecular weight is 661 g/mol. The van der Waals surface area contributed by atoms with Crippen molar-refractivity contribution in [2.45, 2.75) is 111 Å². The number of allylic oxidation sites excluding steroid dienone is 3. The highest BCUT2D eigenvalue weighted by molar-refractivity contribution is 6.74. The summed E-state index contributed by atoms with van der Waals surface area (Å²) in [4.78, 5) is 37.5. The molecule has 0 saturated heterocycles. The van der Waals surface area contributed by atoms with E-state index >= 15 is 0 Å². The van der Waals surface area contributed by atoms with Gasteiger partial charge >= 0.3 is 5.97 Å². The maximum absolute atomic E-state index is 13.1. The zero-order chi connectivity index (χ0) is 34.4. The SMILES string of the molecule is COC1=CC[C@@H]([C@@H](C)/C=C\C#C/C=C/C(=O)N[C@H](C(=O)N/C=C\C[C@H](C/C=C(\C)Cl)O[Si](C)(C)C(C)(C)C)C(C)(C)C)OC1=O. The predicted octanol–water partition coefficient (Wildman–Crippen LogP) is 7.06. The summed E-state index contributed by atoms with van der Waals surface area (Å²) < 4.78 is 16.9. The summed E-state index contributed by atoms with van der Waals surface area (Å²) in [7, 11) is -0.569. The number of carbonyl (C=O) groups excluding carboxylic acids is 3. The van der Waals surface area contributed by atoms with Crippen LogP contribution in [-0.4, -0.2) is 51.5 Å². The Hall–Kier alpha value is -3.06. The minimum absolute atomic E-state index is 0.0486. The molecule has 0 fully saturated rings. The molecular formula is C35H53ClN2O6Si. The Morgan fingerprint density at radius 3 is 2.36 bits per heavy atom. The summed E-state index contributed by atoms with van der Waals surface area (Å²) in [6.07, 6.45) is 14.9. The van der Waals surface area contributed by atoms with Gasteiger partial charge in [-0.05, 0) is 67.7 Å². The van der Waals surface area contributed by atoms with Crippen LogP contribution in [0.1, 0.15) is 74.7 Å². The minimum Gasteiger partial charge on any atom is -0.490 e. The number of amides is 2. The molecule has 0 aromatic rings. The molecule has 2 N–H and O–H groups in total. The van der Waals surface area contributed by atoms with Gasteiger partial charge in [0.15, 0.2) is 14.1 Å². The van der Waals surface area contributed by atoms with Gasteiger partial charge in [0.05, 0.1) is 13.2 Å². The van der Waals surface area contributed by atoms with Crippen molar-refractivity contribution < 1.29 is 28.3 Å². The van der Waals surface area contributed by atoms with E-state index < -0.39 is 31.7 Å². The molecule has 0 bridgehead atoms. The van der Waals surface area contributed by atoms with E-state index in [0.717, 1.165) is 0 Å². The number of hydrogen-bond acceptors (Lipinski definition) is 6. The smallest absolute Gasteiger partial charge is 0.373 e. The molecule has 0 unspecified atom stereocenters. The molecule has 2 amide bonds. The Morgan fingerprint density at radius 2 is 1.80 bits per heavy atom. The quantitative estimate of drug-likeness (QED) is 0.0949. The Bertz CT molecular complexity index is 1240. The molecule has 4 atom stereocenters. The number of hydrogen-bond donors (Lipinski definition) is 2. The lowest BCUT2D eigenvalue weighted by Crippen LogP contribution is -2.52. The molecule has 1 aliphatic heterocycles. The summed E-state index contributed by atoms with van der Waals surface area (Å²) in [5, 5.41) is 6.39. The van der Waals surface area contributed by atoms with E-state index in [0.29, 0.717) is 24.3 Å². The molecular weight excluding hydrogens is 608 g/mol. The largest absolute Gasteiger partial charge is 0.490 e. The van der Waals surface area contributed by atoms with E-state index in [-0.39, 0.29) is 34.8 Å². The monoisotopic (exact) mass is 660 g/mol. The zero-order valence-corrected chi connectivity index (χ0v) is 30.6. The lowest BCUT2D eigenvalue weighted by molar-refractivity contribution is -0.151. The van der Waals surface area contributed by atoms with Crippen LogP contribution in [-0.2, 0) is 28.3 Å². The molecule has 0 aromatic carbocycles. The van der Waals surface area contributed by atoms with Gasteiger partial charge in [-0.25, -0.2) is 4.79 Å². The second-order valence-corrected chi connectivity index (χ2v) is 19.1. The molecule has 1 aliphatic rings. The van der Waals surface area contributed by atoms with Gasteiger partial charge in [0.2, 0.25) is 11.8 Å². The van der Waals surface area contributed by atoms with E-state index in [4.69, 9.17) is 25.5 Å². The molecule has 1 heterocycles. The topological polar surface area (TPSA) is 103 Å². The van der Waals surface area contributed by atoms with Crippen molar-refractivity contribution in [1.29, 1.82) is 0 Å². The Morgan fingerprint density at radius 1 is 1.16 bits per heavy atom. The van der Waals surface area contributed by atoms with Crippen molar-refractivity contribution in [3.63, 3.8) is 0 Å². The maximum atomic E-state index is 13.1. The van der Waals surface area contributed by atoms with E-state index in [9.17, 15) is 14.4 Å². The van der Waals surface area contributed by atoms with Crippen molar-refractivity contribution in [3.05, 3.63) is 59.5 Å². The molecule has 0 aromatic heterocycles.